The van der Waals surface area contributed by atoms with Gasteiger partial charge in [-0.05, 0) is 13.0 Å². The first-order chi connectivity index (χ1) is 9.51. The fourth-order valence-electron chi connectivity index (χ4n) is 1.59. The molecule has 104 valence electrons. The second-order valence-corrected chi connectivity index (χ2v) is 3.76. The summed E-state index contributed by atoms with van der Waals surface area (Å²) in [6, 6.07) is 4.66. The van der Waals surface area contributed by atoms with Crippen molar-refractivity contribution < 1.29 is 18.9 Å². The molecule has 20 heavy (non-hydrogen) atoms. The summed E-state index contributed by atoms with van der Waals surface area (Å²) in [5.74, 6) is -0.0881. The molecule has 0 atom stereocenters. The van der Waals surface area contributed by atoms with E-state index in [1.807, 2.05) is 0 Å². The predicted octanol–water partition coefficient (Wildman–Crippen LogP) is 2.27. The van der Waals surface area contributed by atoms with Gasteiger partial charge in [-0.25, -0.2) is 4.79 Å². The third kappa shape index (κ3) is 2.74. The van der Waals surface area contributed by atoms with Crippen molar-refractivity contribution in [3.63, 3.8) is 0 Å². The van der Waals surface area contributed by atoms with Crippen LogP contribution in [0.2, 0.25) is 0 Å². The van der Waals surface area contributed by atoms with E-state index >= 15 is 0 Å². The fraction of sp³-hybridized carbons (Fsp3) is 0.167. The minimum Gasteiger partial charge on any atom is -0.450 e. The summed E-state index contributed by atoms with van der Waals surface area (Å²) in [5.41, 5.74) is -0.576. The fourth-order valence-corrected chi connectivity index (χ4v) is 1.59. The number of fused-ring (bicyclic) bond motifs is 1. The number of non-ortho nitro benzene ring substituents is 1. The first-order valence-electron chi connectivity index (χ1n) is 5.67. The molecule has 0 spiro atoms. The van der Waals surface area contributed by atoms with Gasteiger partial charge in [-0.2, -0.15) is 0 Å². The molecule has 2 aromatic rings. The van der Waals surface area contributed by atoms with E-state index in [4.69, 9.17) is 4.42 Å². The minimum absolute atomic E-state index is 0.0635. The van der Waals surface area contributed by atoms with Crippen LogP contribution in [0.4, 0.5) is 16.4 Å². The minimum atomic E-state index is -0.753. The molecule has 0 aliphatic rings. The zero-order valence-electron chi connectivity index (χ0n) is 10.4. The van der Waals surface area contributed by atoms with Crippen LogP contribution in [0.5, 0.6) is 0 Å². The Kier molecular flexibility index (Phi) is 3.65. The van der Waals surface area contributed by atoms with Crippen LogP contribution < -0.4 is 10.7 Å². The Morgan fingerprint density at radius 3 is 2.85 bits per heavy atom. The normalized spacial score (nSPS) is 10.2. The first kappa shape index (κ1) is 13.5. The van der Waals surface area contributed by atoms with Crippen LogP contribution in [0.25, 0.3) is 11.0 Å². The Bertz CT molecular complexity index is 736. The van der Waals surface area contributed by atoms with Crippen LogP contribution in [0.15, 0.2) is 33.5 Å². The Balaban J connectivity index is 2.43. The average Bonchev–Trinajstić information content (AvgIpc) is 2.38. The summed E-state index contributed by atoms with van der Waals surface area (Å²) >= 11 is 0. The SMILES string of the molecule is CCOC(=O)Nc1cc(=O)c2cc([N+](=O)[O-])ccc2o1. The van der Waals surface area contributed by atoms with Gasteiger partial charge in [0.1, 0.15) is 5.58 Å². The lowest BCUT2D eigenvalue weighted by Gasteiger charge is -2.05. The highest BCUT2D eigenvalue weighted by Gasteiger charge is 2.12. The number of amides is 1. The molecule has 8 nitrogen and oxygen atoms in total. The molecule has 0 bridgehead atoms. The number of nitro benzene ring substituents is 1. The molecule has 0 radical (unpaired) electrons. The molecule has 0 saturated heterocycles. The Hall–Kier alpha value is -2.90. The molecule has 1 aromatic heterocycles. The number of nitrogens with zero attached hydrogens (tertiary/aromatic N) is 1. The molecule has 8 heteroatoms. The third-order valence-corrected chi connectivity index (χ3v) is 2.42. The summed E-state index contributed by atoms with van der Waals surface area (Å²) in [6.07, 6.45) is -0.753. The van der Waals surface area contributed by atoms with Crippen molar-refractivity contribution in [2.45, 2.75) is 6.92 Å². The van der Waals surface area contributed by atoms with E-state index in [1.54, 1.807) is 6.92 Å². The van der Waals surface area contributed by atoms with E-state index in [0.717, 1.165) is 12.1 Å². The molecule has 1 aromatic carbocycles. The summed E-state index contributed by atoms with van der Waals surface area (Å²) in [4.78, 5) is 33.1. The van der Waals surface area contributed by atoms with Gasteiger partial charge in [-0.15, -0.1) is 0 Å². The standard InChI is InChI=1S/C12H10N2O6/c1-2-19-12(16)13-11-6-9(15)8-5-7(14(17)18)3-4-10(8)20-11/h3-6H,2H2,1H3,(H,13,16). The van der Waals surface area contributed by atoms with E-state index in [-0.39, 0.29) is 29.1 Å². The molecule has 0 unspecified atom stereocenters. The van der Waals surface area contributed by atoms with Crippen molar-refractivity contribution in [2.75, 3.05) is 11.9 Å². The van der Waals surface area contributed by atoms with Crippen molar-refractivity contribution in [3.05, 3.63) is 44.6 Å². The van der Waals surface area contributed by atoms with Gasteiger partial charge in [0.25, 0.3) is 5.69 Å². The summed E-state index contributed by atoms with van der Waals surface area (Å²) in [7, 11) is 0. The number of carbonyl (C=O) groups excluding carboxylic acids is 1. The van der Waals surface area contributed by atoms with Crippen molar-refractivity contribution in [1.29, 1.82) is 0 Å². The molecular weight excluding hydrogens is 268 g/mol. The second kappa shape index (κ2) is 5.39. The van der Waals surface area contributed by atoms with Crippen LogP contribution in [0.1, 0.15) is 6.92 Å². The molecule has 1 amide bonds. The van der Waals surface area contributed by atoms with Gasteiger partial charge in [0.2, 0.25) is 5.88 Å². The topological polar surface area (TPSA) is 112 Å². The van der Waals surface area contributed by atoms with Gasteiger partial charge < -0.3 is 9.15 Å². The number of nitrogens with one attached hydrogen (secondary N) is 1. The van der Waals surface area contributed by atoms with Crippen LogP contribution in [-0.2, 0) is 4.74 Å². The molecule has 1 N–H and O–H groups in total. The maximum absolute atomic E-state index is 11.8. The number of nitro groups is 1. The third-order valence-electron chi connectivity index (χ3n) is 2.42. The molecule has 0 aliphatic heterocycles. The number of hydrogen-bond donors (Lipinski definition) is 1. The average molecular weight is 278 g/mol. The van der Waals surface area contributed by atoms with E-state index in [9.17, 15) is 19.7 Å². The van der Waals surface area contributed by atoms with Gasteiger partial charge in [-0.1, -0.05) is 0 Å². The van der Waals surface area contributed by atoms with Crippen molar-refractivity contribution in [1.82, 2.24) is 0 Å². The van der Waals surface area contributed by atoms with Crippen molar-refractivity contribution in [2.24, 2.45) is 0 Å². The van der Waals surface area contributed by atoms with Gasteiger partial charge in [-0.3, -0.25) is 20.2 Å². The lowest BCUT2D eigenvalue weighted by Crippen LogP contribution is -2.15. The monoisotopic (exact) mass is 278 g/mol. The van der Waals surface area contributed by atoms with Gasteiger partial charge in [0.15, 0.2) is 5.43 Å². The van der Waals surface area contributed by atoms with Crippen LogP contribution >= 0.6 is 0 Å². The smallest absolute Gasteiger partial charge is 0.413 e. The molecule has 0 saturated carbocycles. The van der Waals surface area contributed by atoms with E-state index in [1.165, 1.54) is 12.1 Å². The molecule has 2 rings (SSSR count). The lowest BCUT2D eigenvalue weighted by molar-refractivity contribution is -0.384. The maximum Gasteiger partial charge on any atom is 0.413 e. The van der Waals surface area contributed by atoms with Crippen LogP contribution in [-0.4, -0.2) is 17.6 Å². The largest absolute Gasteiger partial charge is 0.450 e. The number of anilines is 1. The van der Waals surface area contributed by atoms with E-state index < -0.39 is 16.4 Å². The lowest BCUT2D eigenvalue weighted by atomic mass is 10.2. The summed E-state index contributed by atoms with van der Waals surface area (Å²) in [5, 5.41) is 13.0. The molecule has 0 fully saturated rings. The Morgan fingerprint density at radius 1 is 1.45 bits per heavy atom. The maximum atomic E-state index is 11.8. The number of hydrogen-bond acceptors (Lipinski definition) is 6. The highest BCUT2D eigenvalue weighted by Crippen LogP contribution is 2.20. The Labute approximate surface area is 112 Å². The predicted molar refractivity (Wildman–Crippen MR) is 69.8 cm³/mol. The van der Waals surface area contributed by atoms with Crippen molar-refractivity contribution in [3.8, 4) is 0 Å². The number of ether oxygens (including phenoxy) is 1. The zero-order chi connectivity index (χ0) is 14.7. The highest BCUT2D eigenvalue weighted by atomic mass is 16.6. The number of rotatable bonds is 3. The second-order valence-electron chi connectivity index (χ2n) is 3.76. The number of carbonyl (C=O) groups is 1. The zero-order valence-corrected chi connectivity index (χ0v) is 10.4. The molecule has 0 aliphatic carbocycles. The van der Waals surface area contributed by atoms with Gasteiger partial charge >= 0.3 is 6.09 Å². The van der Waals surface area contributed by atoms with Gasteiger partial charge in [0, 0.05) is 18.2 Å². The summed E-state index contributed by atoms with van der Waals surface area (Å²) in [6.45, 7) is 1.81. The first-order valence-corrected chi connectivity index (χ1v) is 5.67. The number of benzene rings is 1. The molecule has 1 heterocycles. The summed E-state index contributed by atoms with van der Waals surface area (Å²) < 4.78 is 9.91. The Morgan fingerprint density at radius 2 is 2.20 bits per heavy atom. The highest BCUT2D eigenvalue weighted by molar-refractivity contribution is 5.85. The quantitative estimate of drug-likeness (QED) is 0.680. The van der Waals surface area contributed by atoms with Crippen molar-refractivity contribution >= 4 is 28.6 Å². The van der Waals surface area contributed by atoms with E-state index in [0.29, 0.717) is 0 Å². The van der Waals surface area contributed by atoms with E-state index in [2.05, 4.69) is 10.1 Å². The molecular formula is C12H10N2O6. The van der Waals surface area contributed by atoms with Crippen LogP contribution in [0, 0.1) is 10.1 Å². The van der Waals surface area contributed by atoms with Crippen LogP contribution in [0.3, 0.4) is 0 Å². The van der Waals surface area contributed by atoms with Gasteiger partial charge in [0.05, 0.1) is 16.9 Å².